The van der Waals surface area contributed by atoms with Gasteiger partial charge in [0.2, 0.25) is 0 Å². The molecule has 3 heteroatoms. The van der Waals surface area contributed by atoms with Crippen molar-refractivity contribution in [3.8, 4) is 5.69 Å². The number of fused-ring (bicyclic) bond motifs is 2. The molecule has 0 spiro atoms. The molecule has 1 aliphatic carbocycles. The molecular weight excluding hydrogens is 260 g/mol. The van der Waals surface area contributed by atoms with Crippen molar-refractivity contribution >= 4 is 11.0 Å². The molecule has 1 aromatic carbocycles. The van der Waals surface area contributed by atoms with E-state index in [1.807, 2.05) is 12.1 Å². The van der Waals surface area contributed by atoms with E-state index >= 15 is 0 Å². The first-order valence-electron chi connectivity index (χ1n) is 7.34. The third-order valence-electron chi connectivity index (χ3n) is 4.27. The lowest BCUT2D eigenvalue weighted by molar-refractivity contribution is 0.873. The van der Waals surface area contributed by atoms with Crippen LogP contribution in [0.15, 0.2) is 47.4 Å². The molecule has 3 nitrogen and oxygen atoms in total. The highest BCUT2D eigenvalue weighted by Gasteiger charge is 2.22. The summed E-state index contributed by atoms with van der Waals surface area (Å²) in [5.74, 6) is 0. The van der Waals surface area contributed by atoms with Crippen molar-refractivity contribution in [3.63, 3.8) is 0 Å². The first kappa shape index (κ1) is 12.3. The quantitative estimate of drug-likeness (QED) is 0.684. The van der Waals surface area contributed by atoms with Gasteiger partial charge in [-0.1, -0.05) is 17.7 Å². The fourth-order valence-corrected chi connectivity index (χ4v) is 3.23. The van der Waals surface area contributed by atoms with Gasteiger partial charge in [-0.25, -0.2) is 4.98 Å². The van der Waals surface area contributed by atoms with E-state index in [4.69, 9.17) is 0 Å². The molecule has 0 saturated carbocycles. The number of hydrogen-bond acceptors (Lipinski definition) is 2. The SMILES string of the molecule is Cc1ccc(-n2c3c(c(=O)c4cccnc42)CCC3)cc1. The normalized spacial score (nSPS) is 13.6. The highest BCUT2D eigenvalue weighted by atomic mass is 16.1. The maximum atomic E-state index is 12.6. The second-order valence-corrected chi connectivity index (χ2v) is 5.65. The Morgan fingerprint density at radius 3 is 2.71 bits per heavy atom. The first-order chi connectivity index (χ1) is 10.3. The van der Waals surface area contributed by atoms with Gasteiger partial charge in [0.15, 0.2) is 5.43 Å². The molecular formula is C18H16N2O. The number of aryl methyl sites for hydroxylation is 1. The molecule has 0 bridgehead atoms. The zero-order valence-electron chi connectivity index (χ0n) is 12.0. The molecule has 0 fully saturated rings. The molecule has 0 saturated heterocycles. The standard InChI is InChI=1S/C18H16N2O/c1-12-7-9-13(10-8-12)20-16-6-2-4-14(16)17(21)15-5-3-11-19-18(15)20/h3,5,7-11H,2,4,6H2,1H3. The predicted octanol–water partition coefficient (Wildman–Crippen LogP) is 3.18. The van der Waals surface area contributed by atoms with Crippen molar-refractivity contribution in [3.05, 3.63) is 69.6 Å². The minimum atomic E-state index is 0.161. The van der Waals surface area contributed by atoms with Crippen LogP contribution in [0.4, 0.5) is 0 Å². The molecule has 2 heterocycles. The van der Waals surface area contributed by atoms with Crippen LogP contribution in [0, 0.1) is 6.92 Å². The van der Waals surface area contributed by atoms with E-state index in [2.05, 4.69) is 40.7 Å². The Kier molecular flexibility index (Phi) is 2.67. The van der Waals surface area contributed by atoms with E-state index in [-0.39, 0.29) is 5.43 Å². The summed E-state index contributed by atoms with van der Waals surface area (Å²) in [7, 11) is 0. The lowest BCUT2D eigenvalue weighted by atomic mass is 10.1. The fourth-order valence-electron chi connectivity index (χ4n) is 3.23. The summed E-state index contributed by atoms with van der Waals surface area (Å²) in [5.41, 5.74) is 5.35. The van der Waals surface area contributed by atoms with Crippen molar-refractivity contribution in [2.24, 2.45) is 0 Å². The summed E-state index contributed by atoms with van der Waals surface area (Å²) in [4.78, 5) is 17.1. The van der Waals surface area contributed by atoms with Gasteiger partial charge in [-0.2, -0.15) is 0 Å². The third kappa shape index (κ3) is 1.81. The van der Waals surface area contributed by atoms with Crippen LogP contribution in [0.1, 0.15) is 23.2 Å². The Morgan fingerprint density at radius 1 is 1.10 bits per heavy atom. The van der Waals surface area contributed by atoms with Gasteiger partial charge in [0.1, 0.15) is 5.65 Å². The molecule has 2 aromatic heterocycles. The average molecular weight is 276 g/mol. The van der Waals surface area contributed by atoms with Crippen LogP contribution >= 0.6 is 0 Å². The Hall–Kier alpha value is -2.42. The minimum Gasteiger partial charge on any atom is -0.298 e. The van der Waals surface area contributed by atoms with Crippen LogP contribution in [-0.2, 0) is 12.8 Å². The topological polar surface area (TPSA) is 34.9 Å². The predicted molar refractivity (Wildman–Crippen MR) is 84.1 cm³/mol. The fraction of sp³-hybridized carbons (Fsp3) is 0.222. The van der Waals surface area contributed by atoms with Crippen LogP contribution in [0.5, 0.6) is 0 Å². The maximum absolute atomic E-state index is 12.6. The van der Waals surface area contributed by atoms with Crippen molar-refractivity contribution in [1.29, 1.82) is 0 Å². The van der Waals surface area contributed by atoms with Crippen molar-refractivity contribution < 1.29 is 0 Å². The molecule has 0 radical (unpaired) electrons. The second-order valence-electron chi connectivity index (χ2n) is 5.65. The van der Waals surface area contributed by atoms with Crippen molar-refractivity contribution in [1.82, 2.24) is 9.55 Å². The molecule has 1 aliphatic rings. The molecule has 0 atom stereocenters. The monoisotopic (exact) mass is 276 g/mol. The van der Waals surface area contributed by atoms with Crippen LogP contribution < -0.4 is 5.43 Å². The summed E-state index contributed by atoms with van der Waals surface area (Å²) < 4.78 is 2.17. The van der Waals surface area contributed by atoms with Crippen LogP contribution in [0.2, 0.25) is 0 Å². The Labute approximate surface area is 122 Å². The minimum absolute atomic E-state index is 0.161. The lowest BCUT2D eigenvalue weighted by Crippen LogP contribution is -2.17. The van der Waals surface area contributed by atoms with Gasteiger partial charge in [-0.3, -0.25) is 9.36 Å². The highest BCUT2D eigenvalue weighted by molar-refractivity contribution is 5.78. The Morgan fingerprint density at radius 2 is 1.90 bits per heavy atom. The van der Waals surface area contributed by atoms with Gasteiger partial charge >= 0.3 is 0 Å². The lowest BCUT2D eigenvalue weighted by Gasteiger charge is -2.16. The first-order valence-corrected chi connectivity index (χ1v) is 7.34. The van der Waals surface area contributed by atoms with Gasteiger partial charge in [0, 0.05) is 23.1 Å². The summed E-state index contributed by atoms with van der Waals surface area (Å²) in [5, 5.41) is 0.721. The van der Waals surface area contributed by atoms with Crippen molar-refractivity contribution in [2.75, 3.05) is 0 Å². The zero-order valence-corrected chi connectivity index (χ0v) is 12.0. The Balaban J connectivity index is 2.15. The average Bonchev–Trinajstić information content (AvgIpc) is 2.99. The van der Waals surface area contributed by atoms with E-state index in [0.29, 0.717) is 0 Å². The van der Waals surface area contributed by atoms with Gasteiger partial charge in [0.05, 0.1) is 5.39 Å². The molecule has 4 rings (SSSR count). The van der Waals surface area contributed by atoms with Crippen LogP contribution in [0.25, 0.3) is 16.7 Å². The number of rotatable bonds is 1. The molecule has 21 heavy (non-hydrogen) atoms. The molecule has 0 unspecified atom stereocenters. The molecule has 3 aromatic rings. The number of nitrogens with zero attached hydrogens (tertiary/aromatic N) is 2. The third-order valence-corrected chi connectivity index (χ3v) is 4.27. The smallest absolute Gasteiger partial charge is 0.194 e. The summed E-state index contributed by atoms with van der Waals surface area (Å²) in [6.07, 6.45) is 4.64. The van der Waals surface area contributed by atoms with Crippen molar-refractivity contribution in [2.45, 2.75) is 26.2 Å². The summed E-state index contributed by atoms with van der Waals surface area (Å²) >= 11 is 0. The second kappa shape index (κ2) is 4.55. The van der Waals surface area contributed by atoms with Crippen LogP contribution in [0.3, 0.4) is 0 Å². The number of aromatic nitrogens is 2. The zero-order chi connectivity index (χ0) is 14.4. The van der Waals surface area contributed by atoms with Gasteiger partial charge < -0.3 is 0 Å². The summed E-state index contributed by atoms with van der Waals surface area (Å²) in [6, 6.07) is 12.1. The number of benzene rings is 1. The van der Waals surface area contributed by atoms with E-state index in [1.165, 1.54) is 5.56 Å². The van der Waals surface area contributed by atoms with Crippen LogP contribution in [-0.4, -0.2) is 9.55 Å². The van der Waals surface area contributed by atoms with E-state index in [0.717, 1.165) is 47.2 Å². The van der Waals surface area contributed by atoms with E-state index < -0.39 is 0 Å². The highest BCUT2D eigenvalue weighted by Crippen LogP contribution is 2.26. The van der Waals surface area contributed by atoms with Gasteiger partial charge in [-0.05, 0) is 50.5 Å². The Bertz CT molecular complexity index is 891. The maximum Gasteiger partial charge on any atom is 0.194 e. The molecule has 104 valence electrons. The number of hydrogen-bond donors (Lipinski definition) is 0. The molecule has 0 aliphatic heterocycles. The molecule has 0 N–H and O–H groups in total. The van der Waals surface area contributed by atoms with E-state index in [1.54, 1.807) is 6.20 Å². The van der Waals surface area contributed by atoms with Gasteiger partial charge in [-0.15, -0.1) is 0 Å². The van der Waals surface area contributed by atoms with Gasteiger partial charge in [0.25, 0.3) is 0 Å². The molecule has 0 amide bonds. The largest absolute Gasteiger partial charge is 0.298 e. The summed E-state index contributed by atoms with van der Waals surface area (Å²) in [6.45, 7) is 2.08. The van der Waals surface area contributed by atoms with E-state index in [9.17, 15) is 4.79 Å². The number of pyridine rings is 2.